The molecule has 0 fully saturated rings. The summed E-state index contributed by atoms with van der Waals surface area (Å²) in [4.78, 5) is 20.6. The van der Waals surface area contributed by atoms with Crippen molar-refractivity contribution in [1.82, 2.24) is 24.9 Å². The van der Waals surface area contributed by atoms with Gasteiger partial charge >= 0.3 is 6.09 Å². The van der Waals surface area contributed by atoms with Gasteiger partial charge in [0.25, 0.3) is 0 Å². The molecule has 0 aliphatic rings. The van der Waals surface area contributed by atoms with E-state index in [1.807, 2.05) is 78.9 Å². The molecule has 2 heterocycles. The fraction of sp³-hybridized carbons (Fsp3) is 0.111. The molecule has 0 saturated heterocycles. The number of carbonyl (C=O) groups is 1. The van der Waals surface area contributed by atoms with Crippen LogP contribution in [-0.4, -0.2) is 32.8 Å². The number of methoxy groups -OCH3 is 1. The number of nitrogens with two attached hydrogens (primary N) is 1. The highest BCUT2D eigenvalue weighted by Crippen LogP contribution is 2.33. The predicted molar refractivity (Wildman–Crippen MR) is 136 cm³/mol. The van der Waals surface area contributed by atoms with E-state index in [2.05, 4.69) is 20.1 Å². The Labute approximate surface area is 207 Å². The van der Waals surface area contributed by atoms with E-state index >= 15 is 0 Å². The minimum absolute atomic E-state index is 0.314. The average molecular weight is 481 g/mol. The molecule has 1 amide bonds. The molecule has 5 rings (SSSR count). The molecule has 3 N–H and O–H groups in total. The molecule has 3 aromatic carbocycles. The normalized spacial score (nSPS) is 10.8. The molecule has 0 saturated carbocycles. The van der Waals surface area contributed by atoms with Gasteiger partial charge in [-0.1, -0.05) is 60.7 Å². The maximum Gasteiger partial charge on any atom is 0.407 e. The average Bonchev–Trinajstić information content (AvgIpc) is 3.33. The molecule has 2 aromatic heterocycles. The number of ether oxygens (including phenoxy) is 2. The molecular weight excluding hydrogens is 456 g/mol. The number of benzene rings is 3. The lowest BCUT2D eigenvalue weighted by molar-refractivity contribution is 0.170. The maximum atomic E-state index is 11.5. The molecule has 0 spiro atoms. The fourth-order valence-electron chi connectivity index (χ4n) is 3.88. The van der Waals surface area contributed by atoms with Crippen molar-refractivity contribution in [2.75, 3.05) is 12.8 Å². The molecule has 0 radical (unpaired) electrons. The van der Waals surface area contributed by atoms with Gasteiger partial charge in [-0.3, -0.25) is 0 Å². The minimum atomic E-state index is -0.496. The highest BCUT2D eigenvalue weighted by Gasteiger charge is 2.19. The quantitative estimate of drug-likeness (QED) is 0.353. The van der Waals surface area contributed by atoms with Crippen LogP contribution in [0.3, 0.4) is 0 Å². The Morgan fingerprint density at radius 2 is 1.75 bits per heavy atom. The molecular formula is C27H24N6O3. The highest BCUT2D eigenvalue weighted by atomic mass is 16.5. The van der Waals surface area contributed by atoms with Gasteiger partial charge in [0.2, 0.25) is 0 Å². The number of carbonyl (C=O) groups excluding carboxylic acids is 1. The Kier molecular flexibility index (Phi) is 6.44. The molecule has 5 aromatic rings. The second-order valence-electron chi connectivity index (χ2n) is 8.04. The molecule has 9 heteroatoms. The summed E-state index contributed by atoms with van der Waals surface area (Å²) in [7, 11) is 1.33. The van der Waals surface area contributed by atoms with Crippen LogP contribution in [0.15, 0.2) is 85.2 Å². The lowest BCUT2D eigenvalue weighted by Gasteiger charge is -2.08. The number of imidazole rings is 1. The van der Waals surface area contributed by atoms with Crippen molar-refractivity contribution < 1.29 is 14.3 Å². The first kappa shape index (κ1) is 22.9. The standard InChI is InChI=1S/C27H24N6O3/c1-35-27(34)29-15-19-9-5-11-21(13-19)26-32-23(24-25(28)30-17-31-33(24)26)20-10-6-12-22(14-20)36-16-18-7-3-2-4-8-18/h2-14,17H,15-16H2,1H3,(H,29,34)(H2,28,30,31). The van der Waals surface area contributed by atoms with Crippen molar-refractivity contribution in [2.45, 2.75) is 13.2 Å². The van der Waals surface area contributed by atoms with Gasteiger partial charge in [-0.25, -0.2) is 19.3 Å². The van der Waals surface area contributed by atoms with E-state index in [-0.39, 0.29) is 0 Å². The van der Waals surface area contributed by atoms with Crippen LogP contribution in [0.25, 0.3) is 28.2 Å². The topological polar surface area (TPSA) is 117 Å². The third-order valence-electron chi connectivity index (χ3n) is 5.62. The zero-order chi connectivity index (χ0) is 24.9. The van der Waals surface area contributed by atoms with E-state index in [9.17, 15) is 4.79 Å². The number of nitrogens with one attached hydrogen (secondary N) is 1. The van der Waals surface area contributed by atoms with E-state index < -0.39 is 6.09 Å². The first-order valence-corrected chi connectivity index (χ1v) is 11.3. The Balaban J connectivity index is 1.51. The SMILES string of the molecule is COC(=O)NCc1cccc(-c2nc(-c3cccc(OCc4ccccc4)c3)c3c(N)ncnn23)c1. The van der Waals surface area contributed by atoms with Crippen molar-refractivity contribution in [3.8, 4) is 28.4 Å². The van der Waals surface area contributed by atoms with Gasteiger partial charge in [-0.15, -0.1) is 0 Å². The van der Waals surface area contributed by atoms with Crippen molar-refractivity contribution >= 4 is 17.4 Å². The summed E-state index contributed by atoms with van der Waals surface area (Å²) in [5.41, 5.74) is 11.1. The van der Waals surface area contributed by atoms with Crippen molar-refractivity contribution in [3.63, 3.8) is 0 Å². The molecule has 36 heavy (non-hydrogen) atoms. The van der Waals surface area contributed by atoms with Gasteiger partial charge in [0, 0.05) is 17.7 Å². The van der Waals surface area contributed by atoms with Crippen LogP contribution in [0, 0.1) is 0 Å². The lowest BCUT2D eigenvalue weighted by Crippen LogP contribution is -2.22. The van der Waals surface area contributed by atoms with Gasteiger partial charge < -0.3 is 20.5 Å². The highest BCUT2D eigenvalue weighted by molar-refractivity contribution is 5.87. The number of hydrogen-bond donors (Lipinski definition) is 2. The smallest absolute Gasteiger partial charge is 0.407 e. The Hall–Kier alpha value is -4.92. The Morgan fingerprint density at radius 1 is 0.972 bits per heavy atom. The van der Waals surface area contributed by atoms with Gasteiger partial charge in [-0.05, 0) is 29.3 Å². The summed E-state index contributed by atoms with van der Waals surface area (Å²) < 4.78 is 12.4. The molecule has 0 unspecified atom stereocenters. The Morgan fingerprint density at radius 3 is 2.58 bits per heavy atom. The van der Waals surface area contributed by atoms with Gasteiger partial charge in [0.05, 0.1) is 7.11 Å². The van der Waals surface area contributed by atoms with Gasteiger partial charge in [0.15, 0.2) is 11.6 Å². The molecule has 180 valence electrons. The van der Waals surface area contributed by atoms with Crippen LogP contribution in [0.1, 0.15) is 11.1 Å². The number of nitrogen functional groups attached to an aromatic ring is 1. The predicted octanol–water partition coefficient (Wildman–Crippen LogP) is 4.48. The largest absolute Gasteiger partial charge is 0.489 e. The van der Waals surface area contributed by atoms with Gasteiger partial charge in [0.1, 0.15) is 29.9 Å². The second kappa shape index (κ2) is 10.1. The van der Waals surface area contributed by atoms with Crippen LogP contribution in [0.4, 0.5) is 10.6 Å². The number of nitrogens with zero attached hydrogens (tertiary/aromatic N) is 4. The summed E-state index contributed by atoms with van der Waals surface area (Å²) in [5, 5.41) is 7.11. The van der Waals surface area contributed by atoms with Gasteiger partial charge in [-0.2, -0.15) is 5.10 Å². The second-order valence-corrected chi connectivity index (χ2v) is 8.04. The van der Waals surface area contributed by atoms with Crippen molar-refractivity contribution in [3.05, 3.63) is 96.3 Å². The zero-order valence-electron chi connectivity index (χ0n) is 19.6. The van der Waals surface area contributed by atoms with E-state index in [1.165, 1.54) is 13.4 Å². The van der Waals surface area contributed by atoms with E-state index in [0.717, 1.165) is 22.3 Å². The summed E-state index contributed by atoms with van der Waals surface area (Å²) in [5.74, 6) is 1.63. The van der Waals surface area contributed by atoms with Crippen LogP contribution >= 0.6 is 0 Å². The first-order valence-electron chi connectivity index (χ1n) is 11.3. The maximum absolute atomic E-state index is 11.5. The van der Waals surface area contributed by atoms with Crippen molar-refractivity contribution in [1.29, 1.82) is 0 Å². The molecule has 9 nitrogen and oxygen atoms in total. The van der Waals surface area contributed by atoms with Crippen LogP contribution < -0.4 is 15.8 Å². The fourth-order valence-corrected chi connectivity index (χ4v) is 3.88. The van der Waals surface area contributed by atoms with E-state index in [4.69, 9.17) is 15.5 Å². The zero-order valence-corrected chi connectivity index (χ0v) is 19.6. The number of alkyl carbamates (subject to hydrolysis) is 1. The van der Waals surface area contributed by atoms with Crippen LogP contribution in [-0.2, 0) is 17.9 Å². The van der Waals surface area contributed by atoms with E-state index in [1.54, 1.807) is 4.52 Å². The summed E-state index contributed by atoms with van der Waals surface area (Å²) in [6, 6.07) is 25.4. The van der Waals surface area contributed by atoms with Crippen molar-refractivity contribution in [2.24, 2.45) is 0 Å². The number of hydrogen-bond acceptors (Lipinski definition) is 7. The molecule has 0 atom stereocenters. The molecule has 0 bridgehead atoms. The molecule has 0 aliphatic heterocycles. The summed E-state index contributed by atoms with van der Waals surface area (Å²) in [6.45, 7) is 0.770. The monoisotopic (exact) mass is 480 g/mol. The first-order chi connectivity index (χ1) is 17.6. The minimum Gasteiger partial charge on any atom is -0.489 e. The lowest BCUT2D eigenvalue weighted by atomic mass is 10.1. The number of fused-ring (bicyclic) bond motifs is 1. The Bertz CT molecular complexity index is 1520. The van der Waals surface area contributed by atoms with Crippen LogP contribution in [0.5, 0.6) is 5.75 Å². The summed E-state index contributed by atoms with van der Waals surface area (Å²) >= 11 is 0. The van der Waals surface area contributed by atoms with Crippen LogP contribution in [0.2, 0.25) is 0 Å². The third-order valence-corrected chi connectivity index (χ3v) is 5.62. The van der Waals surface area contributed by atoms with E-state index in [0.29, 0.717) is 41.8 Å². The number of rotatable bonds is 7. The summed E-state index contributed by atoms with van der Waals surface area (Å²) in [6.07, 6.45) is 0.906. The molecule has 0 aliphatic carbocycles. The number of amides is 1. The number of aromatic nitrogens is 4. The third kappa shape index (κ3) is 4.80. The number of anilines is 1.